The molecule has 0 radical (unpaired) electrons. The average Bonchev–Trinajstić information content (AvgIpc) is 2.80. The number of amides is 1. The molecule has 2 saturated heterocycles. The molecule has 1 amide bonds. The zero-order valence-electron chi connectivity index (χ0n) is 19.5. The van der Waals surface area contributed by atoms with Gasteiger partial charge >= 0.3 is 0 Å². The third-order valence-electron chi connectivity index (χ3n) is 6.68. The minimum atomic E-state index is -0.138. The molecule has 0 N–H and O–H groups in total. The normalized spacial score (nSPS) is 19.8. The van der Waals surface area contributed by atoms with Crippen LogP contribution in [0.5, 0.6) is 0 Å². The van der Waals surface area contributed by atoms with Crippen LogP contribution >= 0.6 is 0 Å². The van der Waals surface area contributed by atoms with E-state index in [0.717, 1.165) is 50.4 Å². The van der Waals surface area contributed by atoms with Gasteiger partial charge in [-0.3, -0.25) is 9.69 Å². The second kappa shape index (κ2) is 9.94. The molecule has 4 rings (SSSR count). The Hall–Kier alpha value is -2.54. The maximum atomic E-state index is 15.0. The molecule has 2 fully saturated rings. The van der Waals surface area contributed by atoms with Crippen molar-refractivity contribution >= 4 is 11.6 Å². The van der Waals surface area contributed by atoms with Crippen LogP contribution in [-0.2, 0) is 6.54 Å². The van der Waals surface area contributed by atoms with Crippen LogP contribution in [0.2, 0.25) is 0 Å². The quantitative estimate of drug-likeness (QED) is 0.694. The van der Waals surface area contributed by atoms with E-state index in [9.17, 15) is 4.79 Å². The Kier molecular flexibility index (Phi) is 7.04. The molecule has 0 saturated carbocycles. The van der Waals surface area contributed by atoms with E-state index in [1.807, 2.05) is 13.0 Å². The number of benzene rings is 1. The van der Waals surface area contributed by atoms with Gasteiger partial charge in [-0.15, -0.1) is 0 Å². The number of nitrogens with zero attached hydrogens (tertiary/aromatic N) is 5. The van der Waals surface area contributed by atoms with Gasteiger partial charge in [0.1, 0.15) is 11.6 Å². The molecular formula is C25H34FN5O. The Morgan fingerprint density at radius 1 is 1.12 bits per heavy atom. The number of hydrogen-bond donors (Lipinski definition) is 0. The van der Waals surface area contributed by atoms with Crippen molar-refractivity contribution in [1.29, 1.82) is 0 Å². The fourth-order valence-corrected chi connectivity index (χ4v) is 4.80. The summed E-state index contributed by atoms with van der Waals surface area (Å²) in [6, 6.07) is 5.73. The summed E-state index contributed by atoms with van der Waals surface area (Å²) in [5.41, 5.74) is 2.92. The molecule has 0 aliphatic carbocycles. The lowest BCUT2D eigenvalue weighted by Gasteiger charge is -2.35. The van der Waals surface area contributed by atoms with Gasteiger partial charge in [-0.2, -0.15) is 0 Å². The van der Waals surface area contributed by atoms with Crippen LogP contribution in [0.4, 0.5) is 10.1 Å². The smallest absolute Gasteiger partial charge is 0.256 e. The van der Waals surface area contributed by atoms with Gasteiger partial charge in [0.25, 0.3) is 5.91 Å². The lowest BCUT2D eigenvalue weighted by atomic mass is 9.99. The summed E-state index contributed by atoms with van der Waals surface area (Å²) < 4.78 is 15.0. The topological polar surface area (TPSA) is 52.6 Å². The second-order valence-electron chi connectivity index (χ2n) is 9.23. The van der Waals surface area contributed by atoms with E-state index in [0.29, 0.717) is 23.4 Å². The number of piperidine rings is 2. The molecule has 3 heterocycles. The Morgan fingerprint density at radius 3 is 2.56 bits per heavy atom. The van der Waals surface area contributed by atoms with Gasteiger partial charge < -0.3 is 9.80 Å². The van der Waals surface area contributed by atoms with Crippen molar-refractivity contribution in [2.75, 3.05) is 38.6 Å². The number of carbonyl (C=O) groups is 1. The molecule has 1 aromatic carbocycles. The van der Waals surface area contributed by atoms with Crippen molar-refractivity contribution in [3.8, 4) is 0 Å². The van der Waals surface area contributed by atoms with E-state index in [1.54, 1.807) is 26.4 Å². The van der Waals surface area contributed by atoms with Crippen molar-refractivity contribution in [3.63, 3.8) is 0 Å². The lowest BCUT2D eigenvalue weighted by Crippen LogP contribution is -2.35. The Labute approximate surface area is 190 Å². The summed E-state index contributed by atoms with van der Waals surface area (Å²) >= 11 is 0. The molecule has 0 bridgehead atoms. The van der Waals surface area contributed by atoms with Gasteiger partial charge in [-0.05, 0) is 57.7 Å². The van der Waals surface area contributed by atoms with Crippen molar-refractivity contribution in [3.05, 3.63) is 52.9 Å². The van der Waals surface area contributed by atoms with E-state index < -0.39 is 0 Å². The molecule has 2 aromatic rings. The predicted octanol–water partition coefficient (Wildman–Crippen LogP) is 4.34. The average molecular weight is 440 g/mol. The third-order valence-corrected chi connectivity index (χ3v) is 6.68. The lowest BCUT2D eigenvalue weighted by molar-refractivity contribution is 0.0825. The van der Waals surface area contributed by atoms with E-state index in [1.165, 1.54) is 24.2 Å². The van der Waals surface area contributed by atoms with E-state index >= 15 is 4.39 Å². The first kappa shape index (κ1) is 22.6. The number of aromatic nitrogens is 2. The first-order chi connectivity index (χ1) is 15.4. The Balaban J connectivity index is 1.52. The summed E-state index contributed by atoms with van der Waals surface area (Å²) in [7, 11) is 3.45. The largest absolute Gasteiger partial charge is 0.371 e. The van der Waals surface area contributed by atoms with Crippen molar-refractivity contribution in [2.24, 2.45) is 0 Å². The van der Waals surface area contributed by atoms with Crippen LogP contribution in [0.3, 0.4) is 0 Å². The molecule has 32 heavy (non-hydrogen) atoms. The van der Waals surface area contributed by atoms with Crippen LogP contribution in [0, 0.1) is 12.7 Å². The van der Waals surface area contributed by atoms with Crippen LogP contribution < -0.4 is 4.90 Å². The second-order valence-corrected chi connectivity index (χ2v) is 9.23. The molecule has 1 aromatic heterocycles. The monoisotopic (exact) mass is 439 g/mol. The SMILES string of the molecule is Cc1nc([C@@H]2CCCCN2Cc2ccc(N3CCCCC3)cc2F)ncc1C(=O)N(C)C. The molecule has 172 valence electrons. The van der Waals surface area contributed by atoms with E-state index in [-0.39, 0.29) is 17.8 Å². The number of carbonyl (C=O) groups excluding carboxylic acids is 1. The molecule has 1 atom stereocenters. The highest BCUT2D eigenvalue weighted by molar-refractivity contribution is 5.94. The number of aryl methyl sites for hydroxylation is 1. The van der Waals surface area contributed by atoms with Gasteiger partial charge in [0.15, 0.2) is 0 Å². The summed E-state index contributed by atoms with van der Waals surface area (Å²) in [6.07, 6.45) is 8.38. The Bertz CT molecular complexity index is 957. The van der Waals surface area contributed by atoms with Gasteiger partial charge in [-0.1, -0.05) is 12.5 Å². The summed E-state index contributed by atoms with van der Waals surface area (Å²) in [5.74, 6) is 0.495. The first-order valence-electron chi connectivity index (χ1n) is 11.8. The first-order valence-corrected chi connectivity index (χ1v) is 11.8. The molecule has 2 aliphatic rings. The molecule has 0 spiro atoms. The number of halogens is 1. The van der Waals surface area contributed by atoms with Gasteiger partial charge in [0.05, 0.1) is 17.3 Å². The molecule has 2 aliphatic heterocycles. The number of rotatable bonds is 5. The fraction of sp³-hybridized carbons (Fsp3) is 0.560. The minimum Gasteiger partial charge on any atom is -0.371 e. The van der Waals surface area contributed by atoms with Crippen LogP contribution in [0.1, 0.15) is 72.0 Å². The maximum absolute atomic E-state index is 15.0. The van der Waals surface area contributed by atoms with Gasteiger partial charge in [0.2, 0.25) is 0 Å². The maximum Gasteiger partial charge on any atom is 0.256 e. The van der Waals surface area contributed by atoms with Gasteiger partial charge in [-0.25, -0.2) is 14.4 Å². The van der Waals surface area contributed by atoms with E-state index in [4.69, 9.17) is 0 Å². The summed E-state index contributed by atoms with van der Waals surface area (Å²) in [6.45, 7) is 5.30. The number of likely N-dealkylation sites (tertiary alicyclic amines) is 1. The predicted molar refractivity (Wildman–Crippen MR) is 124 cm³/mol. The van der Waals surface area contributed by atoms with Gasteiger partial charge in [0, 0.05) is 51.2 Å². The minimum absolute atomic E-state index is 0.0344. The highest BCUT2D eigenvalue weighted by Crippen LogP contribution is 2.32. The zero-order valence-corrected chi connectivity index (χ0v) is 19.5. The number of anilines is 1. The summed E-state index contributed by atoms with van der Waals surface area (Å²) in [5, 5.41) is 0. The highest BCUT2D eigenvalue weighted by atomic mass is 19.1. The van der Waals surface area contributed by atoms with Crippen LogP contribution in [-0.4, -0.2) is 59.4 Å². The molecular weight excluding hydrogens is 405 g/mol. The van der Waals surface area contributed by atoms with Crippen molar-refractivity contribution in [2.45, 2.75) is 58.0 Å². The zero-order chi connectivity index (χ0) is 22.7. The standard InChI is InChI=1S/C25H34FN5O/c1-18-21(25(32)29(2)3)16-27-24(28-18)23-9-5-8-14-31(23)17-19-10-11-20(15-22(19)26)30-12-6-4-7-13-30/h10-11,15-16,23H,4-9,12-14,17H2,1-3H3/t23-/m0/s1. The molecule has 0 unspecified atom stereocenters. The summed E-state index contributed by atoms with van der Waals surface area (Å²) in [4.78, 5) is 27.7. The fourth-order valence-electron chi connectivity index (χ4n) is 4.80. The van der Waals surface area contributed by atoms with E-state index in [2.05, 4.69) is 25.8 Å². The molecule has 6 nitrogen and oxygen atoms in total. The third kappa shape index (κ3) is 4.93. The highest BCUT2D eigenvalue weighted by Gasteiger charge is 2.28. The van der Waals surface area contributed by atoms with Crippen LogP contribution in [0.15, 0.2) is 24.4 Å². The van der Waals surface area contributed by atoms with Crippen molar-refractivity contribution in [1.82, 2.24) is 19.8 Å². The number of hydrogen-bond acceptors (Lipinski definition) is 5. The van der Waals surface area contributed by atoms with Crippen molar-refractivity contribution < 1.29 is 9.18 Å². The Morgan fingerprint density at radius 2 is 1.88 bits per heavy atom. The van der Waals surface area contributed by atoms with Crippen LogP contribution in [0.25, 0.3) is 0 Å². The molecule has 7 heteroatoms.